The Morgan fingerprint density at radius 2 is 1.86 bits per heavy atom. The molecule has 0 amide bonds. The topological polar surface area (TPSA) is 128 Å². The van der Waals surface area contributed by atoms with Crippen LogP contribution >= 0.6 is 0 Å². The Bertz CT molecular complexity index is 1310. The molecule has 0 bridgehead atoms. The summed E-state index contributed by atoms with van der Waals surface area (Å²) in [5, 5.41) is 4.47. The molecule has 3 N–H and O–H groups in total. The van der Waals surface area contributed by atoms with Crippen LogP contribution in [-0.2, 0) is 15.4 Å². The number of rotatable bonds is 6. The smallest absolute Gasteiger partial charge is 0.263 e. The van der Waals surface area contributed by atoms with Gasteiger partial charge in [-0.15, -0.1) is 0 Å². The summed E-state index contributed by atoms with van der Waals surface area (Å²) in [6.45, 7) is 8.12. The second-order valence-electron chi connectivity index (χ2n) is 9.94. The predicted octanol–water partition coefficient (Wildman–Crippen LogP) is 3.19. The molecule has 2 aromatic heterocycles. The lowest BCUT2D eigenvalue weighted by atomic mass is 9.86. The average Bonchev–Trinajstić information content (AvgIpc) is 3.28. The van der Waals surface area contributed by atoms with Gasteiger partial charge in [-0.2, -0.15) is 5.10 Å². The van der Waals surface area contributed by atoms with Crippen molar-refractivity contribution in [2.75, 3.05) is 32.9 Å². The molecule has 35 heavy (non-hydrogen) atoms. The van der Waals surface area contributed by atoms with Crippen LogP contribution in [-0.4, -0.2) is 60.3 Å². The quantitative estimate of drug-likeness (QED) is 0.529. The number of ether oxygens (including phenoxy) is 1. The zero-order valence-electron chi connectivity index (χ0n) is 20.8. The van der Waals surface area contributed by atoms with Gasteiger partial charge in [-0.05, 0) is 69.2 Å². The first-order valence-electron chi connectivity index (χ1n) is 11.6. The lowest BCUT2D eigenvalue weighted by Crippen LogP contribution is -2.31. The number of sulfonamides is 1. The predicted molar refractivity (Wildman–Crippen MR) is 135 cm³/mol. The molecule has 1 fully saturated rings. The van der Waals surface area contributed by atoms with E-state index in [4.69, 9.17) is 10.5 Å². The monoisotopic (exact) mass is 499 g/mol. The maximum Gasteiger partial charge on any atom is 0.263 e. The maximum atomic E-state index is 12.6. The number of nitrogens with one attached hydrogen (secondary N) is 1. The molecule has 0 saturated carbocycles. The van der Waals surface area contributed by atoms with Crippen LogP contribution in [0.4, 0.5) is 5.82 Å². The van der Waals surface area contributed by atoms with Gasteiger partial charge in [0.2, 0.25) is 10.0 Å². The molecule has 1 aliphatic heterocycles. The Labute approximate surface area is 206 Å². The summed E-state index contributed by atoms with van der Waals surface area (Å²) < 4.78 is 35.4. The molecule has 0 atom stereocenters. The Hall–Kier alpha value is -3.02. The number of nitrogens with two attached hydrogens (primary N) is 1. The molecule has 1 aliphatic rings. The van der Waals surface area contributed by atoms with Crippen molar-refractivity contribution in [3.05, 3.63) is 42.4 Å². The van der Waals surface area contributed by atoms with Gasteiger partial charge in [0, 0.05) is 5.56 Å². The van der Waals surface area contributed by atoms with Crippen LogP contribution < -0.4 is 15.2 Å². The van der Waals surface area contributed by atoms with E-state index in [-0.39, 0.29) is 22.0 Å². The standard InChI is InChI=1S/C24H33N7O3S/c1-24(2,3)17-10-16(11-20(12-17)35(32,33)26-4)21-14-27-22(25)23(29-21)34-19-13-28-31(15-19)18-6-8-30(5)9-7-18/h10-15,18,26H,6-9H2,1-5H3,(H2,25,27). The first-order valence-corrected chi connectivity index (χ1v) is 13.1. The van der Waals surface area contributed by atoms with Gasteiger partial charge in [0.1, 0.15) is 0 Å². The van der Waals surface area contributed by atoms with E-state index < -0.39 is 10.0 Å². The Balaban J connectivity index is 1.66. The van der Waals surface area contributed by atoms with Gasteiger partial charge in [0.25, 0.3) is 5.88 Å². The molecule has 0 spiro atoms. The van der Waals surface area contributed by atoms with Crippen molar-refractivity contribution in [2.45, 2.75) is 50.0 Å². The van der Waals surface area contributed by atoms with Crippen LogP contribution in [0.2, 0.25) is 0 Å². The molecule has 1 aromatic carbocycles. The van der Waals surface area contributed by atoms with Crippen molar-refractivity contribution in [2.24, 2.45) is 0 Å². The molecule has 0 radical (unpaired) electrons. The molecule has 3 aromatic rings. The van der Waals surface area contributed by atoms with Gasteiger partial charge in [-0.3, -0.25) is 4.68 Å². The molecule has 188 valence electrons. The summed E-state index contributed by atoms with van der Waals surface area (Å²) in [5.41, 5.74) is 7.69. The van der Waals surface area contributed by atoms with Crippen LogP contribution in [0.3, 0.4) is 0 Å². The second-order valence-corrected chi connectivity index (χ2v) is 11.8. The number of benzene rings is 1. The van der Waals surface area contributed by atoms with Crippen molar-refractivity contribution in [1.82, 2.24) is 29.4 Å². The van der Waals surface area contributed by atoms with Crippen molar-refractivity contribution in [3.63, 3.8) is 0 Å². The molecule has 0 aliphatic carbocycles. The average molecular weight is 500 g/mol. The van der Waals surface area contributed by atoms with Gasteiger partial charge in [0.15, 0.2) is 11.6 Å². The highest BCUT2D eigenvalue weighted by molar-refractivity contribution is 7.89. The Morgan fingerprint density at radius 3 is 2.51 bits per heavy atom. The SMILES string of the molecule is CNS(=O)(=O)c1cc(-c2cnc(N)c(Oc3cnn(C4CCN(C)CC4)c3)n2)cc(C(C)(C)C)c1. The van der Waals surface area contributed by atoms with Crippen LogP contribution in [0.5, 0.6) is 11.6 Å². The molecule has 0 unspecified atom stereocenters. The molecule has 1 saturated heterocycles. The third kappa shape index (κ3) is 5.63. The van der Waals surface area contributed by atoms with Crippen LogP contribution in [0.15, 0.2) is 41.7 Å². The fraction of sp³-hybridized carbons (Fsp3) is 0.458. The highest BCUT2D eigenvalue weighted by Crippen LogP contribution is 2.33. The minimum absolute atomic E-state index is 0.135. The van der Waals surface area contributed by atoms with Gasteiger partial charge in [-0.1, -0.05) is 20.8 Å². The summed E-state index contributed by atoms with van der Waals surface area (Å²) >= 11 is 0. The minimum atomic E-state index is -3.66. The largest absolute Gasteiger partial charge is 0.433 e. The third-order valence-corrected chi connectivity index (χ3v) is 7.66. The number of anilines is 1. The van der Waals surface area contributed by atoms with Crippen molar-refractivity contribution in [3.8, 4) is 22.9 Å². The highest BCUT2D eigenvalue weighted by Gasteiger charge is 2.22. The summed E-state index contributed by atoms with van der Waals surface area (Å²) in [4.78, 5) is 11.3. The number of piperidine rings is 1. The molecule has 3 heterocycles. The highest BCUT2D eigenvalue weighted by atomic mass is 32.2. The van der Waals surface area contributed by atoms with Gasteiger partial charge < -0.3 is 15.4 Å². The van der Waals surface area contributed by atoms with Crippen molar-refractivity contribution in [1.29, 1.82) is 0 Å². The lowest BCUT2D eigenvalue weighted by Gasteiger charge is -2.28. The number of likely N-dealkylation sites (tertiary alicyclic amines) is 1. The normalized spacial score (nSPS) is 15.9. The summed E-state index contributed by atoms with van der Waals surface area (Å²) in [6.07, 6.45) is 7.06. The fourth-order valence-electron chi connectivity index (χ4n) is 3.99. The number of nitrogen functional groups attached to an aromatic ring is 1. The van der Waals surface area contributed by atoms with E-state index in [0.29, 0.717) is 23.0 Å². The number of aromatic nitrogens is 4. The molecular formula is C24H33N7O3S. The van der Waals surface area contributed by atoms with Crippen molar-refractivity contribution < 1.29 is 13.2 Å². The summed E-state index contributed by atoms with van der Waals surface area (Å²) in [7, 11) is -0.148. The third-order valence-electron chi connectivity index (χ3n) is 6.27. The van der Waals surface area contributed by atoms with Crippen LogP contribution in [0, 0.1) is 0 Å². The van der Waals surface area contributed by atoms with Gasteiger partial charge in [0.05, 0.1) is 35.2 Å². The Morgan fingerprint density at radius 1 is 1.14 bits per heavy atom. The van der Waals surface area contributed by atoms with E-state index in [1.54, 1.807) is 18.3 Å². The zero-order valence-corrected chi connectivity index (χ0v) is 21.6. The first-order chi connectivity index (χ1) is 16.5. The van der Waals surface area contributed by atoms with E-state index in [9.17, 15) is 8.42 Å². The van der Waals surface area contributed by atoms with E-state index >= 15 is 0 Å². The Kier molecular flexibility index (Phi) is 6.85. The number of hydrogen-bond donors (Lipinski definition) is 2. The second kappa shape index (κ2) is 9.56. The summed E-state index contributed by atoms with van der Waals surface area (Å²) in [5.74, 6) is 0.796. The van der Waals surface area contributed by atoms with E-state index in [2.05, 4.69) is 31.7 Å². The van der Waals surface area contributed by atoms with Crippen molar-refractivity contribution >= 4 is 15.8 Å². The molecular weight excluding hydrogens is 466 g/mol. The lowest BCUT2D eigenvalue weighted by molar-refractivity contribution is 0.212. The fourth-order valence-corrected chi connectivity index (χ4v) is 4.79. The number of nitrogens with zero attached hydrogens (tertiary/aromatic N) is 5. The summed E-state index contributed by atoms with van der Waals surface area (Å²) in [6, 6.07) is 5.49. The van der Waals surface area contributed by atoms with Gasteiger partial charge >= 0.3 is 0 Å². The van der Waals surface area contributed by atoms with Crippen LogP contribution in [0.25, 0.3) is 11.3 Å². The number of hydrogen-bond acceptors (Lipinski definition) is 8. The van der Waals surface area contributed by atoms with E-state index in [1.165, 1.54) is 13.2 Å². The molecule has 11 heteroatoms. The molecule has 4 rings (SSSR count). The van der Waals surface area contributed by atoms with Crippen LogP contribution in [0.1, 0.15) is 45.2 Å². The zero-order chi connectivity index (χ0) is 25.4. The molecule has 10 nitrogen and oxygen atoms in total. The van der Waals surface area contributed by atoms with E-state index in [0.717, 1.165) is 31.5 Å². The maximum absolute atomic E-state index is 12.6. The minimum Gasteiger partial charge on any atom is -0.433 e. The van der Waals surface area contributed by atoms with E-state index in [1.807, 2.05) is 37.7 Å². The van der Waals surface area contributed by atoms with Gasteiger partial charge in [-0.25, -0.2) is 23.1 Å². The first kappa shape index (κ1) is 25.1.